The van der Waals surface area contributed by atoms with Gasteiger partial charge in [0.25, 0.3) is 5.91 Å². The molecule has 0 aliphatic heterocycles. The number of benzene rings is 3. The molecule has 0 aromatic heterocycles. The van der Waals surface area contributed by atoms with Gasteiger partial charge in [-0.25, -0.2) is 10.2 Å². The first-order chi connectivity index (χ1) is 15.0. The molecule has 3 aromatic carbocycles. The molecule has 3 aromatic rings. The first-order valence-corrected chi connectivity index (χ1v) is 10.1. The molecule has 0 saturated heterocycles. The Hall–Kier alpha value is -3.35. The second-order valence-electron chi connectivity index (χ2n) is 6.24. The zero-order valence-corrected chi connectivity index (χ0v) is 18.0. The van der Waals surface area contributed by atoms with Crippen LogP contribution in [0, 0.1) is 0 Å². The molecule has 0 saturated carbocycles. The molecule has 1 N–H and O–H groups in total. The van der Waals surface area contributed by atoms with Gasteiger partial charge >= 0.3 is 5.97 Å². The van der Waals surface area contributed by atoms with Crippen LogP contribution in [0.1, 0.15) is 33.2 Å². The van der Waals surface area contributed by atoms with Crippen molar-refractivity contribution in [3.05, 3.63) is 93.5 Å². The van der Waals surface area contributed by atoms with E-state index in [-0.39, 0.29) is 16.5 Å². The quantitative estimate of drug-likeness (QED) is 0.224. The largest absolute Gasteiger partial charge is 0.494 e. The van der Waals surface area contributed by atoms with E-state index in [1.54, 1.807) is 54.6 Å². The molecule has 0 atom stereocenters. The van der Waals surface area contributed by atoms with Crippen molar-refractivity contribution >= 4 is 41.3 Å². The predicted molar refractivity (Wildman–Crippen MR) is 121 cm³/mol. The molecule has 31 heavy (non-hydrogen) atoms. The van der Waals surface area contributed by atoms with Crippen molar-refractivity contribution in [1.82, 2.24) is 5.43 Å². The number of halogens is 2. The molecule has 0 unspecified atom stereocenters. The molecular formula is C23H18Cl2N2O4. The number of esters is 1. The lowest BCUT2D eigenvalue weighted by Gasteiger charge is -2.06. The van der Waals surface area contributed by atoms with Gasteiger partial charge in [0.05, 0.1) is 23.4 Å². The van der Waals surface area contributed by atoms with E-state index >= 15 is 0 Å². The number of nitrogens with zero attached hydrogens (tertiary/aromatic N) is 1. The van der Waals surface area contributed by atoms with E-state index in [1.165, 1.54) is 18.3 Å². The molecule has 3 rings (SSSR count). The third kappa shape index (κ3) is 6.31. The van der Waals surface area contributed by atoms with Crippen LogP contribution in [-0.4, -0.2) is 24.7 Å². The lowest BCUT2D eigenvalue weighted by Crippen LogP contribution is -2.17. The van der Waals surface area contributed by atoms with Gasteiger partial charge in [0.2, 0.25) is 0 Å². The van der Waals surface area contributed by atoms with Crippen molar-refractivity contribution in [3.63, 3.8) is 0 Å². The number of carbonyl (C=O) groups excluding carboxylic acids is 2. The SMILES string of the molecule is CCOc1ccc(C(=O)N/N=C/c2ccc(OC(=O)c3ccc(Cl)cc3Cl)cc2)cc1. The van der Waals surface area contributed by atoms with Gasteiger partial charge in [0.15, 0.2) is 0 Å². The summed E-state index contributed by atoms with van der Waals surface area (Å²) in [6.45, 7) is 2.45. The third-order valence-electron chi connectivity index (χ3n) is 4.05. The number of ether oxygens (including phenoxy) is 2. The second-order valence-corrected chi connectivity index (χ2v) is 7.08. The highest BCUT2D eigenvalue weighted by Gasteiger charge is 2.13. The van der Waals surface area contributed by atoms with Gasteiger partial charge in [-0.3, -0.25) is 4.79 Å². The summed E-state index contributed by atoms with van der Waals surface area (Å²) in [6, 6.07) is 17.9. The van der Waals surface area contributed by atoms with E-state index < -0.39 is 5.97 Å². The lowest BCUT2D eigenvalue weighted by molar-refractivity contribution is 0.0734. The molecule has 0 heterocycles. The number of carbonyl (C=O) groups is 2. The number of rotatable bonds is 7. The minimum Gasteiger partial charge on any atom is -0.494 e. The van der Waals surface area contributed by atoms with E-state index in [0.29, 0.717) is 34.3 Å². The van der Waals surface area contributed by atoms with E-state index in [4.69, 9.17) is 32.7 Å². The van der Waals surface area contributed by atoms with Crippen LogP contribution in [0.5, 0.6) is 11.5 Å². The van der Waals surface area contributed by atoms with Crippen molar-refractivity contribution < 1.29 is 19.1 Å². The Morgan fingerprint density at radius 1 is 0.968 bits per heavy atom. The van der Waals surface area contributed by atoms with Crippen LogP contribution < -0.4 is 14.9 Å². The van der Waals surface area contributed by atoms with Crippen LogP contribution >= 0.6 is 23.2 Å². The van der Waals surface area contributed by atoms with Crippen LogP contribution in [0.4, 0.5) is 0 Å². The fourth-order valence-corrected chi connectivity index (χ4v) is 3.02. The van der Waals surface area contributed by atoms with Crippen molar-refractivity contribution in [2.45, 2.75) is 6.92 Å². The van der Waals surface area contributed by atoms with Crippen LogP contribution in [0.25, 0.3) is 0 Å². The van der Waals surface area contributed by atoms with E-state index in [2.05, 4.69) is 10.5 Å². The van der Waals surface area contributed by atoms with E-state index in [9.17, 15) is 9.59 Å². The normalized spacial score (nSPS) is 10.7. The molecule has 0 radical (unpaired) electrons. The Bertz CT molecular complexity index is 1100. The summed E-state index contributed by atoms with van der Waals surface area (Å²) in [6.07, 6.45) is 1.48. The molecular weight excluding hydrogens is 439 g/mol. The Labute approximate surface area is 189 Å². The number of amides is 1. The van der Waals surface area contributed by atoms with Crippen LogP contribution in [0.3, 0.4) is 0 Å². The lowest BCUT2D eigenvalue weighted by atomic mass is 10.2. The molecule has 0 bridgehead atoms. The highest BCUT2D eigenvalue weighted by atomic mass is 35.5. The highest BCUT2D eigenvalue weighted by molar-refractivity contribution is 6.36. The highest BCUT2D eigenvalue weighted by Crippen LogP contribution is 2.23. The molecule has 0 spiro atoms. The first-order valence-electron chi connectivity index (χ1n) is 9.30. The summed E-state index contributed by atoms with van der Waals surface area (Å²) < 4.78 is 10.7. The van der Waals surface area contributed by atoms with Gasteiger partial charge in [-0.1, -0.05) is 23.2 Å². The standard InChI is InChI=1S/C23H18Cl2N2O4/c1-2-30-18-10-5-16(6-11-18)22(28)27-26-14-15-3-8-19(9-4-15)31-23(29)20-12-7-17(24)13-21(20)25/h3-14H,2H2,1H3,(H,27,28)/b26-14+. The molecule has 0 fully saturated rings. The predicted octanol–water partition coefficient (Wildman–Crippen LogP) is 5.38. The van der Waals surface area contributed by atoms with Gasteiger partial charge in [0.1, 0.15) is 11.5 Å². The van der Waals surface area contributed by atoms with E-state index in [0.717, 1.165) is 0 Å². The summed E-state index contributed by atoms with van der Waals surface area (Å²) in [5.41, 5.74) is 3.84. The second kappa shape index (κ2) is 10.6. The van der Waals surface area contributed by atoms with Gasteiger partial charge in [-0.2, -0.15) is 5.10 Å². The third-order valence-corrected chi connectivity index (χ3v) is 4.60. The maximum Gasteiger partial charge on any atom is 0.345 e. The number of hydrazone groups is 1. The average molecular weight is 457 g/mol. The molecule has 6 nitrogen and oxygen atoms in total. The molecule has 0 aliphatic carbocycles. The fourth-order valence-electron chi connectivity index (χ4n) is 2.54. The number of nitrogens with one attached hydrogen (secondary N) is 1. The zero-order valence-electron chi connectivity index (χ0n) is 16.5. The van der Waals surface area contributed by atoms with Crippen molar-refractivity contribution in [3.8, 4) is 11.5 Å². The zero-order chi connectivity index (χ0) is 22.2. The summed E-state index contributed by atoms with van der Waals surface area (Å²) >= 11 is 11.9. The topological polar surface area (TPSA) is 77.0 Å². The Kier molecular flexibility index (Phi) is 7.65. The maximum atomic E-state index is 12.2. The maximum absolute atomic E-state index is 12.2. The van der Waals surface area contributed by atoms with Crippen LogP contribution in [0.2, 0.25) is 10.0 Å². The number of hydrogen-bond donors (Lipinski definition) is 1. The first kappa shape index (κ1) is 22.3. The van der Waals surface area contributed by atoms with Crippen molar-refractivity contribution in [2.75, 3.05) is 6.61 Å². The summed E-state index contributed by atoms with van der Waals surface area (Å²) in [7, 11) is 0. The molecule has 0 aliphatic rings. The summed E-state index contributed by atoms with van der Waals surface area (Å²) in [5.74, 6) is 0.101. The van der Waals surface area contributed by atoms with Gasteiger partial charge in [-0.15, -0.1) is 0 Å². The van der Waals surface area contributed by atoms with Gasteiger partial charge in [-0.05, 0) is 79.2 Å². The molecule has 8 heteroatoms. The number of hydrogen-bond acceptors (Lipinski definition) is 5. The molecule has 1 amide bonds. The average Bonchev–Trinajstić information content (AvgIpc) is 2.75. The van der Waals surface area contributed by atoms with E-state index in [1.807, 2.05) is 6.92 Å². The van der Waals surface area contributed by atoms with Gasteiger partial charge in [0, 0.05) is 10.6 Å². The smallest absolute Gasteiger partial charge is 0.345 e. The van der Waals surface area contributed by atoms with Crippen molar-refractivity contribution in [2.24, 2.45) is 5.10 Å². The summed E-state index contributed by atoms with van der Waals surface area (Å²) in [5, 5.41) is 4.58. The minimum absolute atomic E-state index is 0.213. The molecule has 158 valence electrons. The van der Waals surface area contributed by atoms with Crippen LogP contribution in [-0.2, 0) is 0 Å². The fraction of sp³-hybridized carbons (Fsp3) is 0.0870. The Morgan fingerprint density at radius 2 is 1.65 bits per heavy atom. The summed E-state index contributed by atoms with van der Waals surface area (Å²) in [4.78, 5) is 24.4. The van der Waals surface area contributed by atoms with Crippen LogP contribution in [0.15, 0.2) is 71.8 Å². The van der Waals surface area contributed by atoms with Gasteiger partial charge < -0.3 is 9.47 Å². The Balaban J connectivity index is 1.55. The monoisotopic (exact) mass is 456 g/mol. The van der Waals surface area contributed by atoms with Crippen molar-refractivity contribution in [1.29, 1.82) is 0 Å². The minimum atomic E-state index is -0.592. The Morgan fingerprint density at radius 3 is 2.29 bits per heavy atom.